The average Bonchev–Trinajstić information content (AvgIpc) is 3.27. The van der Waals surface area contributed by atoms with Crippen LogP contribution in [0.4, 0.5) is 0 Å². The summed E-state index contributed by atoms with van der Waals surface area (Å²) in [5.74, 6) is 0.844. The fourth-order valence-electron chi connectivity index (χ4n) is 2.71. The molecule has 0 spiro atoms. The Labute approximate surface area is 152 Å². The van der Waals surface area contributed by atoms with Crippen LogP contribution in [-0.4, -0.2) is 24.4 Å². The lowest BCUT2D eigenvalue weighted by Gasteiger charge is -2.21. The van der Waals surface area contributed by atoms with Gasteiger partial charge in [0.15, 0.2) is 0 Å². The highest BCUT2D eigenvalue weighted by Crippen LogP contribution is 2.26. The van der Waals surface area contributed by atoms with E-state index in [0.29, 0.717) is 13.1 Å². The topological polar surface area (TPSA) is 45.5 Å². The maximum Gasteiger partial charge on any atom is 0.234 e. The lowest BCUT2D eigenvalue weighted by atomic mass is 10.0. The smallest absolute Gasteiger partial charge is 0.234 e. The summed E-state index contributed by atoms with van der Waals surface area (Å²) in [6.45, 7) is 2.98. The molecule has 1 N–H and O–H groups in total. The molecular formula is C20H22N2O2S. The number of rotatable bonds is 7. The van der Waals surface area contributed by atoms with Crippen molar-refractivity contribution in [3.63, 3.8) is 0 Å². The largest absolute Gasteiger partial charge is 0.468 e. The maximum atomic E-state index is 12.5. The van der Waals surface area contributed by atoms with Gasteiger partial charge in [-0.3, -0.25) is 9.69 Å². The van der Waals surface area contributed by atoms with Crippen LogP contribution in [0.2, 0.25) is 0 Å². The first-order chi connectivity index (χ1) is 12.1. The molecule has 1 atom stereocenters. The van der Waals surface area contributed by atoms with Crippen molar-refractivity contribution in [3.05, 3.63) is 81.9 Å². The average molecular weight is 354 g/mol. The lowest BCUT2D eigenvalue weighted by Crippen LogP contribution is -2.37. The van der Waals surface area contributed by atoms with E-state index in [1.807, 2.05) is 35.5 Å². The number of carbonyl (C=O) groups is 1. The van der Waals surface area contributed by atoms with Crippen molar-refractivity contribution in [2.24, 2.45) is 0 Å². The monoisotopic (exact) mass is 354 g/mol. The zero-order chi connectivity index (χ0) is 17.6. The fourth-order valence-corrected chi connectivity index (χ4v) is 3.51. The third kappa shape index (κ3) is 4.81. The zero-order valence-electron chi connectivity index (χ0n) is 14.4. The number of benzene rings is 1. The van der Waals surface area contributed by atoms with Crippen LogP contribution >= 0.6 is 11.3 Å². The Kier molecular flexibility index (Phi) is 5.68. The number of amides is 1. The van der Waals surface area contributed by atoms with Crippen LogP contribution in [-0.2, 0) is 11.3 Å². The summed E-state index contributed by atoms with van der Waals surface area (Å²) in [5.41, 5.74) is 2.30. The van der Waals surface area contributed by atoms with E-state index in [0.717, 1.165) is 16.2 Å². The van der Waals surface area contributed by atoms with Gasteiger partial charge in [0, 0.05) is 4.88 Å². The van der Waals surface area contributed by atoms with Gasteiger partial charge in [0.1, 0.15) is 5.76 Å². The van der Waals surface area contributed by atoms with Gasteiger partial charge in [-0.2, -0.15) is 0 Å². The molecular weight excluding hydrogens is 332 g/mol. The quantitative estimate of drug-likeness (QED) is 0.698. The van der Waals surface area contributed by atoms with E-state index < -0.39 is 0 Å². The van der Waals surface area contributed by atoms with Gasteiger partial charge < -0.3 is 9.73 Å². The first kappa shape index (κ1) is 17.5. The molecule has 130 valence electrons. The molecule has 0 aliphatic carbocycles. The molecule has 5 heteroatoms. The first-order valence-electron chi connectivity index (χ1n) is 8.22. The van der Waals surface area contributed by atoms with Gasteiger partial charge in [-0.15, -0.1) is 11.3 Å². The third-order valence-electron chi connectivity index (χ3n) is 3.96. The maximum absolute atomic E-state index is 12.5. The van der Waals surface area contributed by atoms with Crippen LogP contribution in [0.25, 0.3) is 0 Å². The van der Waals surface area contributed by atoms with Crippen molar-refractivity contribution in [1.82, 2.24) is 10.2 Å². The standard InChI is InChI=1S/C20H22N2O2S/c1-15-7-9-16(10-8-15)20(18-6-4-12-25-18)21-19(23)14-22(2)13-17-5-3-11-24-17/h3-12,20H,13-14H2,1-2H3,(H,21,23)/t20-/m1/s1. The number of nitrogens with one attached hydrogen (secondary N) is 1. The van der Waals surface area contributed by atoms with E-state index in [9.17, 15) is 4.79 Å². The van der Waals surface area contributed by atoms with Gasteiger partial charge in [0.25, 0.3) is 0 Å². The van der Waals surface area contributed by atoms with Gasteiger partial charge in [-0.25, -0.2) is 0 Å². The molecule has 0 bridgehead atoms. The Balaban J connectivity index is 1.67. The molecule has 2 heterocycles. The van der Waals surface area contributed by atoms with Crippen LogP contribution in [0.5, 0.6) is 0 Å². The molecule has 0 unspecified atom stereocenters. The highest BCUT2D eigenvalue weighted by Gasteiger charge is 2.19. The summed E-state index contributed by atoms with van der Waals surface area (Å²) in [6.07, 6.45) is 1.65. The van der Waals surface area contributed by atoms with Crippen LogP contribution in [0.1, 0.15) is 27.8 Å². The number of carbonyl (C=O) groups excluding carboxylic acids is 1. The van der Waals surface area contributed by atoms with E-state index >= 15 is 0 Å². The molecule has 3 rings (SSSR count). The van der Waals surface area contributed by atoms with Crippen molar-refractivity contribution < 1.29 is 9.21 Å². The number of hydrogen-bond acceptors (Lipinski definition) is 4. The minimum absolute atomic E-state index is 0.00645. The molecule has 0 saturated heterocycles. The summed E-state index contributed by atoms with van der Waals surface area (Å²) < 4.78 is 5.33. The van der Waals surface area contributed by atoms with Gasteiger partial charge in [0.2, 0.25) is 5.91 Å². The molecule has 1 aromatic carbocycles. The Bertz CT molecular complexity index is 780. The van der Waals surface area contributed by atoms with Crippen LogP contribution < -0.4 is 5.32 Å². The summed E-state index contributed by atoms with van der Waals surface area (Å²) in [4.78, 5) is 15.6. The van der Waals surface area contributed by atoms with Crippen LogP contribution in [0.15, 0.2) is 64.6 Å². The molecule has 0 saturated carbocycles. The normalized spacial score (nSPS) is 12.3. The van der Waals surface area contributed by atoms with Gasteiger partial charge in [0.05, 0.1) is 25.4 Å². The van der Waals surface area contributed by atoms with Crippen LogP contribution in [0, 0.1) is 6.92 Å². The van der Waals surface area contributed by atoms with Crippen molar-refractivity contribution in [1.29, 1.82) is 0 Å². The number of nitrogens with zero attached hydrogens (tertiary/aromatic N) is 1. The minimum atomic E-state index is -0.120. The minimum Gasteiger partial charge on any atom is -0.468 e. The third-order valence-corrected chi connectivity index (χ3v) is 4.90. The lowest BCUT2D eigenvalue weighted by molar-refractivity contribution is -0.122. The summed E-state index contributed by atoms with van der Waals surface area (Å²) >= 11 is 1.65. The molecule has 0 radical (unpaired) electrons. The SMILES string of the molecule is Cc1ccc([C@@H](NC(=O)CN(C)Cc2ccco2)c2cccs2)cc1. The number of thiophene rings is 1. The molecule has 25 heavy (non-hydrogen) atoms. The van der Waals surface area contributed by atoms with Crippen LogP contribution in [0.3, 0.4) is 0 Å². The molecule has 4 nitrogen and oxygen atoms in total. The predicted octanol–water partition coefficient (Wildman–Crippen LogP) is 3.99. The number of aryl methyl sites for hydroxylation is 1. The first-order valence-corrected chi connectivity index (χ1v) is 9.10. The number of likely N-dealkylation sites (N-methyl/N-ethyl adjacent to an activating group) is 1. The Morgan fingerprint density at radius 2 is 2.00 bits per heavy atom. The second-order valence-corrected chi connectivity index (χ2v) is 7.16. The van der Waals surface area contributed by atoms with Crippen molar-refractivity contribution >= 4 is 17.2 Å². The fraction of sp³-hybridized carbons (Fsp3) is 0.250. The molecule has 3 aromatic rings. The molecule has 0 aliphatic rings. The second-order valence-electron chi connectivity index (χ2n) is 6.18. The van der Waals surface area contributed by atoms with E-state index in [2.05, 4.69) is 42.6 Å². The molecule has 1 amide bonds. The molecule has 0 fully saturated rings. The number of furan rings is 1. The van der Waals surface area contributed by atoms with Gasteiger partial charge in [-0.1, -0.05) is 35.9 Å². The second kappa shape index (κ2) is 8.14. The van der Waals surface area contributed by atoms with E-state index in [-0.39, 0.29) is 11.9 Å². The van der Waals surface area contributed by atoms with E-state index in [1.54, 1.807) is 17.6 Å². The highest BCUT2D eigenvalue weighted by atomic mass is 32.1. The van der Waals surface area contributed by atoms with Crippen molar-refractivity contribution in [2.75, 3.05) is 13.6 Å². The number of hydrogen-bond donors (Lipinski definition) is 1. The summed E-state index contributed by atoms with van der Waals surface area (Å²) in [5, 5.41) is 5.20. The predicted molar refractivity (Wildman–Crippen MR) is 101 cm³/mol. The molecule has 0 aliphatic heterocycles. The van der Waals surface area contributed by atoms with Crippen molar-refractivity contribution in [3.8, 4) is 0 Å². The summed E-state index contributed by atoms with van der Waals surface area (Å²) in [7, 11) is 1.91. The van der Waals surface area contributed by atoms with E-state index in [1.165, 1.54) is 5.56 Å². The highest BCUT2D eigenvalue weighted by molar-refractivity contribution is 7.10. The Morgan fingerprint density at radius 3 is 2.64 bits per heavy atom. The van der Waals surface area contributed by atoms with Crippen molar-refractivity contribution in [2.45, 2.75) is 19.5 Å². The van der Waals surface area contributed by atoms with E-state index in [4.69, 9.17) is 4.42 Å². The Morgan fingerprint density at radius 1 is 1.20 bits per heavy atom. The zero-order valence-corrected chi connectivity index (χ0v) is 15.3. The summed E-state index contributed by atoms with van der Waals surface area (Å²) in [6, 6.07) is 16.0. The van der Waals surface area contributed by atoms with Gasteiger partial charge in [-0.05, 0) is 43.1 Å². The van der Waals surface area contributed by atoms with Gasteiger partial charge >= 0.3 is 0 Å². The Hall–Kier alpha value is -2.37. The molecule has 2 aromatic heterocycles.